The maximum Gasteiger partial charge on any atom is 0.243 e. The number of hydrogen-bond acceptors (Lipinski definition) is 4. The fourth-order valence-electron chi connectivity index (χ4n) is 4.07. The van der Waals surface area contributed by atoms with Crippen LogP contribution in [0.1, 0.15) is 50.7 Å². The molecule has 3 rings (SSSR count). The molecule has 0 aliphatic carbocycles. The van der Waals surface area contributed by atoms with Gasteiger partial charge in [0.15, 0.2) is 0 Å². The zero-order valence-electron chi connectivity index (χ0n) is 20.4. The molecule has 7 nitrogen and oxygen atoms in total. The molecule has 1 atom stereocenters. The van der Waals surface area contributed by atoms with Gasteiger partial charge in [-0.2, -0.15) is 4.31 Å². The Bertz CT molecular complexity index is 1100. The van der Waals surface area contributed by atoms with E-state index in [1.165, 1.54) is 4.31 Å². The number of aryl methyl sites for hydroxylation is 1. The molecule has 2 aromatic rings. The lowest BCUT2D eigenvalue weighted by Crippen LogP contribution is -2.47. The minimum Gasteiger partial charge on any atom is -0.354 e. The van der Waals surface area contributed by atoms with E-state index in [4.69, 9.17) is 11.6 Å². The Morgan fingerprint density at radius 2 is 1.63 bits per heavy atom. The summed E-state index contributed by atoms with van der Waals surface area (Å²) >= 11 is 5.99. The van der Waals surface area contributed by atoms with Gasteiger partial charge in [0, 0.05) is 37.6 Å². The van der Waals surface area contributed by atoms with Crippen LogP contribution in [-0.4, -0.2) is 55.1 Å². The van der Waals surface area contributed by atoms with E-state index < -0.39 is 16.1 Å². The quantitative estimate of drug-likeness (QED) is 0.486. The molecule has 2 aromatic carbocycles. The first kappa shape index (κ1) is 27.2. The zero-order valence-corrected chi connectivity index (χ0v) is 21.9. The van der Waals surface area contributed by atoms with E-state index in [0.717, 1.165) is 30.4 Å². The van der Waals surface area contributed by atoms with E-state index in [-0.39, 0.29) is 23.1 Å². The van der Waals surface area contributed by atoms with Gasteiger partial charge in [0.1, 0.15) is 6.04 Å². The number of nitrogens with zero attached hydrogens (tertiary/aromatic N) is 2. The summed E-state index contributed by atoms with van der Waals surface area (Å²) in [5, 5.41) is 3.47. The Morgan fingerprint density at radius 3 is 2.23 bits per heavy atom. The number of benzene rings is 2. The summed E-state index contributed by atoms with van der Waals surface area (Å²) in [5.41, 5.74) is 1.75. The molecule has 1 aliphatic heterocycles. The number of halogens is 1. The second kappa shape index (κ2) is 12.5. The van der Waals surface area contributed by atoms with Crippen LogP contribution in [0.2, 0.25) is 5.02 Å². The number of hydrogen-bond donors (Lipinski definition) is 1. The van der Waals surface area contributed by atoms with Crippen molar-refractivity contribution in [1.29, 1.82) is 0 Å². The first-order valence-electron chi connectivity index (χ1n) is 12.1. The molecule has 1 fully saturated rings. The van der Waals surface area contributed by atoms with Gasteiger partial charge < -0.3 is 10.2 Å². The van der Waals surface area contributed by atoms with Gasteiger partial charge in [-0.15, -0.1) is 0 Å². The molecule has 1 N–H and O–H groups in total. The predicted octanol–water partition coefficient (Wildman–Crippen LogP) is 4.00. The van der Waals surface area contributed by atoms with Crippen LogP contribution in [0.15, 0.2) is 53.4 Å². The Labute approximate surface area is 213 Å². The van der Waals surface area contributed by atoms with Crippen LogP contribution in [-0.2, 0) is 32.6 Å². The van der Waals surface area contributed by atoms with Crippen molar-refractivity contribution < 1.29 is 18.0 Å². The van der Waals surface area contributed by atoms with E-state index >= 15 is 0 Å². The van der Waals surface area contributed by atoms with Crippen LogP contribution in [0.5, 0.6) is 0 Å². The van der Waals surface area contributed by atoms with Gasteiger partial charge in [-0.05, 0) is 68.0 Å². The van der Waals surface area contributed by atoms with Gasteiger partial charge >= 0.3 is 0 Å². The molecule has 0 radical (unpaired) electrons. The summed E-state index contributed by atoms with van der Waals surface area (Å²) in [5.74, 6) is -0.335. The summed E-state index contributed by atoms with van der Waals surface area (Å²) in [7, 11) is -3.46. The Kier molecular flexibility index (Phi) is 9.71. The van der Waals surface area contributed by atoms with E-state index in [1.54, 1.807) is 48.2 Å². The molecule has 1 unspecified atom stereocenters. The number of carbonyl (C=O) groups excluding carboxylic acids is 2. The highest BCUT2D eigenvalue weighted by molar-refractivity contribution is 7.89. The SMILES string of the molecule is CCCNC(=O)C(C)N(Cc1ccc(Cl)cc1)C(=O)CCc1ccc(S(=O)(=O)N2CCCC2)cc1. The topological polar surface area (TPSA) is 86.8 Å². The van der Waals surface area contributed by atoms with Crippen LogP contribution in [0.4, 0.5) is 0 Å². The largest absolute Gasteiger partial charge is 0.354 e. The van der Waals surface area contributed by atoms with Crippen molar-refractivity contribution in [2.24, 2.45) is 0 Å². The second-order valence-corrected chi connectivity index (χ2v) is 11.2. The van der Waals surface area contributed by atoms with Gasteiger partial charge in [-0.1, -0.05) is 42.8 Å². The molecule has 0 aromatic heterocycles. The fourth-order valence-corrected chi connectivity index (χ4v) is 5.71. The minimum atomic E-state index is -3.46. The van der Waals surface area contributed by atoms with Gasteiger partial charge in [0.05, 0.1) is 4.90 Å². The monoisotopic (exact) mass is 519 g/mol. The van der Waals surface area contributed by atoms with Crippen molar-refractivity contribution >= 4 is 33.4 Å². The van der Waals surface area contributed by atoms with Gasteiger partial charge in [-0.3, -0.25) is 9.59 Å². The van der Waals surface area contributed by atoms with Gasteiger partial charge in [-0.25, -0.2) is 8.42 Å². The van der Waals surface area contributed by atoms with Crippen molar-refractivity contribution in [2.45, 2.75) is 63.4 Å². The third-order valence-corrected chi connectivity index (χ3v) is 8.40. The second-order valence-electron chi connectivity index (χ2n) is 8.87. The molecular formula is C26H34ClN3O4S. The molecule has 1 aliphatic rings. The van der Waals surface area contributed by atoms with Crippen molar-refractivity contribution in [3.05, 3.63) is 64.7 Å². The van der Waals surface area contributed by atoms with Crippen LogP contribution in [0, 0.1) is 0 Å². The van der Waals surface area contributed by atoms with Gasteiger partial charge in [0.25, 0.3) is 0 Å². The molecule has 0 spiro atoms. The van der Waals surface area contributed by atoms with E-state index in [2.05, 4.69) is 5.32 Å². The Morgan fingerprint density at radius 1 is 1.03 bits per heavy atom. The summed E-state index contributed by atoms with van der Waals surface area (Å²) in [4.78, 5) is 27.7. The standard InChI is InChI=1S/C26H34ClN3O4S/c1-3-16-28-26(32)20(2)30(19-22-6-11-23(27)12-7-22)25(31)15-10-21-8-13-24(14-9-21)35(33,34)29-17-4-5-18-29/h6-9,11-14,20H,3-5,10,15-19H2,1-2H3,(H,28,32). The molecule has 2 amide bonds. The Balaban J connectivity index is 1.68. The fraction of sp³-hybridized carbons (Fsp3) is 0.462. The summed E-state index contributed by atoms with van der Waals surface area (Å²) in [6.07, 6.45) is 3.25. The third-order valence-electron chi connectivity index (χ3n) is 6.24. The molecular weight excluding hydrogens is 486 g/mol. The van der Waals surface area contributed by atoms with E-state index in [0.29, 0.717) is 37.6 Å². The molecule has 35 heavy (non-hydrogen) atoms. The van der Waals surface area contributed by atoms with Crippen molar-refractivity contribution in [2.75, 3.05) is 19.6 Å². The number of sulfonamides is 1. The lowest BCUT2D eigenvalue weighted by atomic mass is 10.1. The van der Waals surface area contributed by atoms with Crippen molar-refractivity contribution in [1.82, 2.24) is 14.5 Å². The average molecular weight is 520 g/mol. The van der Waals surface area contributed by atoms with Gasteiger partial charge in [0.2, 0.25) is 21.8 Å². The summed E-state index contributed by atoms with van der Waals surface area (Å²) in [6, 6.07) is 13.3. The minimum absolute atomic E-state index is 0.145. The van der Waals surface area contributed by atoms with Crippen LogP contribution < -0.4 is 5.32 Å². The molecule has 190 valence electrons. The van der Waals surface area contributed by atoms with Crippen molar-refractivity contribution in [3.63, 3.8) is 0 Å². The van der Waals surface area contributed by atoms with E-state index in [9.17, 15) is 18.0 Å². The summed E-state index contributed by atoms with van der Waals surface area (Å²) < 4.78 is 27.0. The molecule has 9 heteroatoms. The van der Waals surface area contributed by atoms with Crippen LogP contribution in [0.25, 0.3) is 0 Å². The normalized spacial score (nSPS) is 15.1. The highest BCUT2D eigenvalue weighted by atomic mass is 35.5. The molecule has 1 saturated heterocycles. The lowest BCUT2D eigenvalue weighted by Gasteiger charge is -2.29. The summed E-state index contributed by atoms with van der Waals surface area (Å²) in [6.45, 7) is 5.68. The molecule has 0 saturated carbocycles. The number of carbonyl (C=O) groups is 2. The van der Waals surface area contributed by atoms with Crippen LogP contribution in [0.3, 0.4) is 0 Å². The predicted molar refractivity (Wildman–Crippen MR) is 138 cm³/mol. The zero-order chi connectivity index (χ0) is 25.4. The number of nitrogens with one attached hydrogen (secondary N) is 1. The molecule has 0 bridgehead atoms. The smallest absolute Gasteiger partial charge is 0.243 e. The lowest BCUT2D eigenvalue weighted by molar-refractivity contribution is -0.140. The molecule has 1 heterocycles. The van der Waals surface area contributed by atoms with E-state index in [1.807, 2.05) is 19.1 Å². The van der Waals surface area contributed by atoms with Crippen LogP contribution >= 0.6 is 11.6 Å². The number of rotatable bonds is 11. The average Bonchev–Trinajstić information content (AvgIpc) is 3.41. The highest BCUT2D eigenvalue weighted by Crippen LogP contribution is 2.22. The maximum absolute atomic E-state index is 13.2. The number of amides is 2. The first-order valence-corrected chi connectivity index (χ1v) is 13.9. The highest BCUT2D eigenvalue weighted by Gasteiger charge is 2.28. The maximum atomic E-state index is 13.2. The van der Waals surface area contributed by atoms with Crippen molar-refractivity contribution in [3.8, 4) is 0 Å². The third kappa shape index (κ3) is 7.29. The Hall–Kier alpha value is -2.42. The first-order chi connectivity index (χ1) is 16.7.